The minimum absolute atomic E-state index is 0.0762. The predicted molar refractivity (Wildman–Crippen MR) is 102 cm³/mol. The van der Waals surface area contributed by atoms with Gasteiger partial charge in [0.2, 0.25) is 5.91 Å². The number of nitrogens with zero attached hydrogens (tertiary/aromatic N) is 1. The van der Waals surface area contributed by atoms with Crippen LogP contribution in [0.3, 0.4) is 0 Å². The number of phenolic OH excluding ortho intramolecular Hbond substituents is 1. The van der Waals surface area contributed by atoms with Crippen molar-refractivity contribution < 1.29 is 24.2 Å². The van der Waals surface area contributed by atoms with Gasteiger partial charge in [-0.15, -0.1) is 0 Å². The third-order valence-corrected chi connectivity index (χ3v) is 4.64. The van der Waals surface area contributed by atoms with Gasteiger partial charge in [0.05, 0.1) is 12.0 Å². The van der Waals surface area contributed by atoms with Crippen LogP contribution in [0.15, 0.2) is 53.4 Å². The summed E-state index contributed by atoms with van der Waals surface area (Å²) in [6.07, 6.45) is 1.49. The Labute approximate surface area is 159 Å². The molecule has 2 aromatic rings. The molecule has 1 aliphatic rings. The van der Waals surface area contributed by atoms with Crippen molar-refractivity contribution in [3.63, 3.8) is 0 Å². The maximum absolute atomic E-state index is 12.5. The molecular formula is C19H16N2O5S. The standard InChI is InChI=1S/C19H16N2O5S/c1-26-15-8-7-12(9-14(15)22)10-16-18(24)21(19(25)27-16)11-17(23)20-13-5-3-2-4-6-13/h2-10,22H,11H2,1H3,(H,20,23)/b16-10-. The van der Waals surface area contributed by atoms with Gasteiger partial charge in [-0.2, -0.15) is 0 Å². The fraction of sp³-hybridized carbons (Fsp3) is 0.105. The second-order valence-corrected chi connectivity index (χ2v) is 6.61. The van der Waals surface area contributed by atoms with Gasteiger partial charge in [-0.25, -0.2) is 0 Å². The molecule has 0 saturated carbocycles. The number of carbonyl (C=O) groups excluding carboxylic acids is 3. The number of benzene rings is 2. The summed E-state index contributed by atoms with van der Waals surface area (Å²) in [4.78, 5) is 37.8. The number of hydrogen-bond donors (Lipinski definition) is 2. The van der Waals surface area contributed by atoms with Crippen LogP contribution in [0.25, 0.3) is 6.08 Å². The van der Waals surface area contributed by atoms with Crippen LogP contribution < -0.4 is 10.1 Å². The molecule has 0 atom stereocenters. The summed E-state index contributed by atoms with van der Waals surface area (Å²) in [5.41, 5.74) is 1.12. The van der Waals surface area contributed by atoms with Crippen molar-refractivity contribution in [3.8, 4) is 11.5 Å². The molecule has 7 nitrogen and oxygen atoms in total. The predicted octanol–water partition coefficient (Wildman–Crippen LogP) is 3.08. The van der Waals surface area contributed by atoms with Gasteiger partial charge in [-0.1, -0.05) is 24.3 Å². The van der Waals surface area contributed by atoms with E-state index in [1.165, 1.54) is 19.3 Å². The van der Waals surface area contributed by atoms with Crippen molar-refractivity contribution >= 4 is 40.6 Å². The normalized spacial score (nSPS) is 15.3. The number of aromatic hydroxyl groups is 1. The van der Waals surface area contributed by atoms with Gasteiger partial charge < -0.3 is 15.2 Å². The van der Waals surface area contributed by atoms with Gasteiger partial charge in [0, 0.05) is 5.69 Å². The Kier molecular flexibility index (Phi) is 5.46. The molecule has 27 heavy (non-hydrogen) atoms. The number of anilines is 1. The fourth-order valence-electron chi connectivity index (χ4n) is 2.45. The van der Waals surface area contributed by atoms with Crippen LogP contribution in [0.1, 0.15) is 5.56 Å². The lowest BCUT2D eigenvalue weighted by Crippen LogP contribution is -2.36. The van der Waals surface area contributed by atoms with E-state index in [0.29, 0.717) is 17.0 Å². The second kappa shape index (κ2) is 7.96. The number of amides is 3. The SMILES string of the molecule is COc1ccc(/C=C2\SC(=O)N(CC(=O)Nc3ccccc3)C2=O)cc1O. The minimum Gasteiger partial charge on any atom is -0.504 e. The third kappa shape index (κ3) is 4.29. The molecule has 0 radical (unpaired) electrons. The average molecular weight is 384 g/mol. The number of methoxy groups -OCH3 is 1. The van der Waals surface area contributed by atoms with Crippen molar-refractivity contribution in [1.29, 1.82) is 0 Å². The Balaban J connectivity index is 1.71. The van der Waals surface area contributed by atoms with Crippen molar-refractivity contribution in [3.05, 3.63) is 59.0 Å². The van der Waals surface area contributed by atoms with Crippen LogP contribution in [-0.4, -0.2) is 40.7 Å². The van der Waals surface area contributed by atoms with E-state index in [1.807, 2.05) is 6.07 Å². The van der Waals surface area contributed by atoms with Crippen molar-refractivity contribution in [2.24, 2.45) is 0 Å². The van der Waals surface area contributed by atoms with Crippen LogP contribution in [0.5, 0.6) is 11.5 Å². The van der Waals surface area contributed by atoms with E-state index >= 15 is 0 Å². The summed E-state index contributed by atoms with van der Waals surface area (Å²) < 4.78 is 4.97. The first-order valence-electron chi connectivity index (χ1n) is 7.95. The van der Waals surface area contributed by atoms with Gasteiger partial charge in [0.1, 0.15) is 6.54 Å². The minimum atomic E-state index is -0.552. The number of thioether (sulfide) groups is 1. The molecule has 2 N–H and O–H groups in total. The zero-order valence-corrected chi connectivity index (χ0v) is 15.2. The molecule has 8 heteroatoms. The number of carbonyl (C=O) groups is 3. The highest BCUT2D eigenvalue weighted by atomic mass is 32.2. The molecule has 2 aromatic carbocycles. The molecule has 0 bridgehead atoms. The van der Waals surface area contributed by atoms with Gasteiger partial charge in [0.25, 0.3) is 11.1 Å². The van der Waals surface area contributed by atoms with E-state index in [4.69, 9.17) is 4.74 Å². The van der Waals surface area contributed by atoms with E-state index in [2.05, 4.69) is 5.32 Å². The highest BCUT2D eigenvalue weighted by Gasteiger charge is 2.36. The van der Waals surface area contributed by atoms with Crippen molar-refractivity contribution in [1.82, 2.24) is 4.90 Å². The molecule has 3 amide bonds. The second-order valence-electron chi connectivity index (χ2n) is 5.61. The first-order chi connectivity index (χ1) is 13.0. The first-order valence-corrected chi connectivity index (χ1v) is 8.77. The Hall–Kier alpha value is -3.26. The maximum atomic E-state index is 12.5. The van der Waals surface area contributed by atoms with Gasteiger partial charge in [-0.3, -0.25) is 19.3 Å². The van der Waals surface area contributed by atoms with E-state index < -0.39 is 17.1 Å². The molecule has 1 aliphatic heterocycles. The molecule has 0 aromatic heterocycles. The van der Waals surface area contributed by atoms with Crippen molar-refractivity contribution in [2.45, 2.75) is 0 Å². The Morgan fingerprint density at radius 1 is 1.22 bits per heavy atom. The summed E-state index contributed by atoms with van der Waals surface area (Å²) in [6, 6.07) is 13.4. The Morgan fingerprint density at radius 3 is 2.63 bits per heavy atom. The number of nitrogens with one attached hydrogen (secondary N) is 1. The van der Waals surface area contributed by atoms with Crippen LogP contribution in [0.4, 0.5) is 10.5 Å². The summed E-state index contributed by atoms with van der Waals surface area (Å²) in [5.74, 6) is -0.791. The van der Waals surface area contributed by atoms with Crippen LogP contribution in [0, 0.1) is 0 Å². The number of phenols is 1. The number of ether oxygens (including phenoxy) is 1. The van der Waals surface area contributed by atoms with Gasteiger partial charge >= 0.3 is 0 Å². The molecule has 1 saturated heterocycles. The van der Waals surface area contributed by atoms with E-state index in [-0.39, 0.29) is 17.2 Å². The lowest BCUT2D eigenvalue weighted by atomic mass is 10.2. The molecule has 1 fully saturated rings. The summed E-state index contributed by atoms with van der Waals surface area (Å²) in [5, 5.41) is 11.9. The Bertz CT molecular complexity index is 927. The first kappa shape index (κ1) is 18.5. The number of hydrogen-bond acceptors (Lipinski definition) is 6. The van der Waals surface area contributed by atoms with Crippen molar-refractivity contribution in [2.75, 3.05) is 19.0 Å². The molecule has 3 rings (SSSR count). The number of rotatable bonds is 5. The van der Waals surface area contributed by atoms with Crippen LogP contribution in [0.2, 0.25) is 0 Å². The lowest BCUT2D eigenvalue weighted by molar-refractivity contribution is -0.127. The molecule has 1 heterocycles. The van der Waals surface area contributed by atoms with E-state index in [0.717, 1.165) is 16.7 Å². The number of para-hydroxylation sites is 1. The summed E-state index contributed by atoms with van der Waals surface area (Å²) >= 11 is 0.746. The zero-order chi connectivity index (χ0) is 19.4. The fourth-order valence-corrected chi connectivity index (χ4v) is 3.29. The largest absolute Gasteiger partial charge is 0.504 e. The molecule has 0 unspecified atom stereocenters. The maximum Gasteiger partial charge on any atom is 0.294 e. The van der Waals surface area contributed by atoms with Crippen LogP contribution >= 0.6 is 11.8 Å². The quantitative estimate of drug-likeness (QED) is 0.769. The summed E-state index contributed by atoms with van der Waals surface area (Å²) in [7, 11) is 1.43. The Morgan fingerprint density at radius 2 is 1.96 bits per heavy atom. The zero-order valence-electron chi connectivity index (χ0n) is 14.3. The molecule has 0 spiro atoms. The highest BCUT2D eigenvalue weighted by molar-refractivity contribution is 8.18. The third-order valence-electron chi connectivity index (χ3n) is 3.73. The summed E-state index contributed by atoms with van der Waals surface area (Å²) in [6.45, 7) is -0.370. The topological polar surface area (TPSA) is 95.9 Å². The average Bonchev–Trinajstić information content (AvgIpc) is 2.90. The highest BCUT2D eigenvalue weighted by Crippen LogP contribution is 2.34. The monoisotopic (exact) mass is 384 g/mol. The molecule has 138 valence electrons. The number of imide groups is 1. The van der Waals surface area contributed by atoms with E-state index in [1.54, 1.807) is 36.4 Å². The van der Waals surface area contributed by atoms with E-state index in [9.17, 15) is 19.5 Å². The molecular weight excluding hydrogens is 368 g/mol. The van der Waals surface area contributed by atoms with Gasteiger partial charge in [-0.05, 0) is 47.7 Å². The van der Waals surface area contributed by atoms with Crippen LogP contribution in [-0.2, 0) is 9.59 Å². The smallest absolute Gasteiger partial charge is 0.294 e. The molecule has 0 aliphatic carbocycles. The lowest BCUT2D eigenvalue weighted by Gasteiger charge is -2.12. The van der Waals surface area contributed by atoms with Gasteiger partial charge in [0.15, 0.2) is 11.5 Å².